The summed E-state index contributed by atoms with van der Waals surface area (Å²) in [5, 5.41) is 3.85. The van der Waals surface area contributed by atoms with Gasteiger partial charge < -0.3 is 5.32 Å². The Balaban J connectivity index is 2.08. The Morgan fingerprint density at radius 2 is 1.68 bits per heavy atom. The molecule has 1 nitrogen and oxygen atoms in total. The fourth-order valence-electron chi connectivity index (χ4n) is 3.10. The molecular formula is C18H29N. The monoisotopic (exact) mass is 259 g/mol. The summed E-state index contributed by atoms with van der Waals surface area (Å²) in [6.07, 6.45) is 7.01. The normalized spacial score (nSPS) is 19.3. The van der Waals surface area contributed by atoms with Gasteiger partial charge in [0, 0.05) is 12.6 Å². The number of hydrogen-bond acceptors (Lipinski definition) is 1. The molecule has 19 heavy (non-hydrogen) atoms. The first kappa shape index (κ1) is 14.6. The molecule has 106 valence electrons. The van der Waals surface area contributed by atoms with E-state index in [1.54, 1.807) is 0 Å². The van der Waals surface area contributed by atoms with Crippen molar-refractivity contribution in [2.45, 2.75) is 58.9 Å². The van der Waals surface area contributed by atoms with Gasteiger partial charge in [-0.2, -0.15) is 0 Å². The number of hydrogen-bond donors (Lipinski definition) is 1. The van der Waals surface area contributed by atoms with Crippen LogP contribution < -0.4 is 5.32 Å². The highest BCUT2D eigenvalue weighted by Gasteiger charge is 2.25. The zero-order chi connectivity index (χ0) is 13.7. The molecule has 1 aliphatic rings. The van der Waals surface area contributed by atoms with Crippen LogP contribution in [0.15, 0.2) is 30.3 Å². The summed E-state index contributed by atoms with van der Waals surface area (Å²) >= 11 is 0. The Morgan fingerprint density at radius 1 is 1.05 bits per heavy atom. The van der Waals surface area contributed by atoms with E-state index in [9.17, 15) is 0 Å². The highest BCUT2D eigenvalue weighted by molar-refractivity contribution is 5.20. The summed E-state index contributed by atoms with van der Waals surface area (Å²) in [4.78, 5) is 0. The molecule has 0 spiro atoms. The van der Waals surface area contributed by atoms with E-state index in [-0.39, 0.29) is 0 Å². The topological polar surface area (TPSA) is 12.0 Å². The van der Waals surface area contributed by atoms with Crippen molar-refractivity contribution >= 4 is 0 Å². The van der Waals surface area contributed by atoms with Crippen molar-refractivity contribution in [2.75, 3.05) is 6.54 Å². The maximum absolute atomic E-state index is 3.85. The van der Waals surface area contributed by atoms with Crippen LogP contribution in [0.4, 0.5) is 0 Å². The summed E-state index contributed by atoms with van der Waals surface area (Å²) in [5.41, 5.74) is 1.82. The molecule has 1 aromatic rings. The van der Waals surface area contributed by atoms with Crippen LogP contribution in [0.2, 0.25) is 0 Å². The van der Waals surface area contributed by atoms with Gasteiger partial charge in [-0.25, -0.2) is 0 Å². The van der Waals surface area contributed by atoms with Crippen LogP contribution in [0.1, 0.15) is 64.5 Å². The molecule has 1 aliphatic carbocycles. The van der Waals surface area contributed by atoms with E-state index >= 15 is 0 Å². The molecule has 0 saturated heterocycles. The summed E-state index contributed by atoms with van der Waals surface area (Å²) in [6, 6.07) is 11.6. The quantitative estimate of drug-likeness (QED) is 0.807. The Morgan fingerprint density at radius 3 is 2.26 bits per heavy atom. The predicted octanol–water partition coefficient (Wildman–Crippen LogP) is 4.94. The fraction of sp³-hybridized carbons (Fsp3) is 0.667. The van der Waals surface area contributed by atoms with Crippen molar-refractivity contribution in [2.24, 2.45) is 11.3 Å². The van der Waals surface area contributed by atoms with E-state index < -0.39 is 0 Å². The van der Waals surface area contributed by atoms with Gasteiger partial charge in [0.15, 0.2) is 0 Å². The van der Waals surface area contributed by atoms with Gasteiger partial charge in [-0.3, -0.25) is 0 Å². The molecule has 0 amide bonds. The number of rotatable bonds is 4. The van der Waals surface area contributed by atoms with Crippen LogP contribution in [-0.4, -0.2) is 6.54 Å². The Kier molecular flexibility index (Phi) is 5.04. The van der Waals surface area contributed by atoms with Crippen molar-refractivity contribution in [3.05, 3.63) is 35.9 Å². The minimum atomic E-state index is 0.349. The second-order valence-corrected chi connectivity index (χ2v) is 7.23. The first-order valence-corrected chi connectivity index (χ1v) is 7.84. The molecule has 0 aliphatic heterocycles. The standard InChI is InChI=1S/C18H29N/c1-18(2,3)14-19-17(15-10-6-4-7-11-15)16-12-8-5-9-13-16/h4,6-7,10-11,16-17,19H,5,8-9,12-14H2,1-3H3. The van der Waals surface area contributed by atoms with Crippen molar-refractivity contribution < 1.29 is 0 Å². The maximum atomic E-state index is 3.85. The first-order chi connectivity index (χ1) is 9.06. The minimum absolute atomic E-state index is 0.349. The largest absolute Gasteiger partial charge is 0.309 e. The number of benzene rings is 1. The third-order valence-electron chi connectivity index (χ3n) is 4.13. The Labute approximate surface area is 118 Å². The van der Waals surface area contributed by atoms with E-state index in [0.29, 0.717) is 11.5 Å². The molecule has 1 atom stereocenters. The lowest BCUT2D eigenvalue weighted by Crippen LogP contribution is -2.35. The average Bonchev–Trinajstić information content (AvgIpc) is 2.40. The van der Waals surface area contributed by atoms with Crippen molar-refractivity contribution in [1.82, 2.24) is 5.32 Å². The third kappa shape index (κ3) is 4.65. The van der Waals surface area contributed by atoms with E-state index in [4.69, 9.17) is 0 Å². The van der Waals surface area contributed by atoms with Gasteiger partial charge in [0.1, 0.15) is 0 Å². The molecule has 0 aromatic heterocycles. The Bertz CT molecular complexity index is 357. The molecule has 1 saturated carbocycles. The van der Waals surface area contributed by atoms with Crippen molar-refractivity contribution in [1.29, 1.82) is 0 Å². The molecule has 2 rings (SSSR count). The van der Waals surface area contributed by atoms with E-state index in [0.717, 1.165) is 12.5 Å². The number of nitrogens with one attached hydrogen (secondary N) is 1. The first-order valence-electron chi connectivity index (χ1n) is 7.84. The minimum Gasteiger partial charge on any atom is -0.309 e. The molecule has 1 heteroatoms. The van der Waals surface area contributed by atoms with Gasteiger partial charge in [0.25, 0.3) is 0 Å². The van der Waals surface area contributed by atoms with Crippen molar-refractivity contribution in [3.63, 3.8) is 0 Å². The van der Waals surface area contributed by atoms with Crippen LogP contribution in [0.25, 0.3) is 0 Å². The maximum Gasteiger partial charge on any atom is 0.0348 e. The highest BCUT2D eigenvalue weighted by atomic mass is 14.9. The predicted molar refractivity (Wildman–Crippen MR) is 83.2 cm³/mol. The van der Waals surface area contributed by atoms with Crippen LogP contribution >= 0.6 is 0 Å². The lowest BCUT2D eigenvalue weighted by molar-refractivity contribution is 0.246. The molecule has 0 radical (unpaired) electrons. The fourth-order valence-corrected chi connectivity index (χ4v) is 3.10. The SMILES string of the molecule is CC(C)(C)CNC(c1ccccc1)C1CCCCC1. The van der Waals surface area contributed by atoms with Crippen LogP contribution in [-0.2, 0) is 0 Å². The van der Waals surface area contributed by atoms with Gasteiger partial charge in [0.2, 0.25) is 0 Å². The molecule has 1 aromatic carbocycles. The van der Waals surface area contributed by atoms with Crippen LogP contribution in [0.3, 0.4) is 0 Å². The van der Waals surface area contributed by atoms with Gasteiger partial charge >= 0.3 is 0 Å². The van der Waals surface area contributed by atoms with Crippen LogP contribution in [0.5, 0.6) is 0 Å². The average molecular weight is 259 g/mol. The zero-order valence-electron chi connectivity index (χ0n) is 12.8. The molecular weight excluding hydrogens is 230 g/mol. The lowest BCUT2D eigenvalue weighted by atomic mass is 9.80. The van der Waals surface area contributed by atoms with E-state index in [1.165, 1.54) is 37.7 Å². The summed E-state index contributed by atoms with van der Waals surface area (Å²) < 4.78 is 0. The zero-order valence-corrected chi connectivity index (χ0v) is 12.8. The second-order valence-electron chi connectivity index (χ2n) is 7.23. The summed E-state index contributed by atoms with van der Waals surface area (Å²) in [7, 11) is 0. The smallest absolute Gasteiger partial charge is 0.0348 e. The Hall–Kier alpha value is -0.820. The van der Waals surface area contributed by atoms with Gasteiger partial charge in [-0.15, -0.1) is 0 Å². The molecule has 1 unspecified atom stereocenters. The van der Waals surface area contributed by atoms with Crippen LogP contribution in [0, 0.1) is 11.3 Å². The van der Waals surface area contributed by atoms with Crippen molar-refractivity contribution in [3.8, 4) is 0 Å². The van der Waals surface area contributed by atoms with Gasteiger partial charge in [-0.05, 0) is 29.7 Å². The summed E-state index contributed by atoms with van der Waals surface area (Å²) in [5.74, 6) is 0.818. The second kappa shape index (κ2) is 6.56. The van der Waals surface area contributed by atoms with Gasteiger partial charge in [0.05, 0.1) is 0 Å². The van der Waals surface area contributed by atoms with E-state index in [2.05, 4.69) is 56.4 Å². The van der Waals surface area contributed by atoms with Gasteiger partial charge in [-0.1, -0.05) is 70.4 Å². The summed E-state index contributed by atoms with van der Waals surface area (Å²) in [6.45, 7) is 8.01. The van der Waals surface area contributed by atoms with E-state index in [1.807, 2.05) is 0 Å². The molecule has 1 fully saturated rings. The lowest BCUT2D eigenvalue weighted by Gasteiger charge is -2.33. The molecule has 0 heterocycles. The molecule has 0 bridgehead atoms. The molecule has 1 N–H and O–H groups in total. The third-order valence-corrected chi connectivity index (χ3v) is 4.13. The highest BCUT2D eigenvalue weighted by Crippen LogP contribution is 2.34.